The van der Waals surface area contributed by atoms with Gasteiger partial charge in [0.05, 0.1) is 11.3 Å². The van der Waals surface area contributed by atoms with Crippen LogP contribution in [0.3, 0.4) is 0 Å². The van der Waals surface area contributed by atoms with Crippen molar-refractivity contribution in [3.8, 4) is 5.75 Å². The number of aliphatic imine (C=N–C) groups is 1. The molecule has 2 aromatic rings. The van der Waals surface area contributed by atoms with Gasteiger partial charge in [0.25, 0.3) is 0 Å². The van der Waals surface area contributed by atoms with Crippen LogP contribution in [-0.2, 0) is 0 Å². The molecule has 0 spiro atoms. The van der Waals surface area contributed by atoms with E-state index >= 15 is 0 Å². The van der Waals surface area contributed by atoms with Gasteiger partial charge in [0.1, 0.15) is 5.75 Å². The van der Waals surface area contributed by atoms with Crippen molar-refractivity contribution in [1.29, 1.82) is 0 Å². The first-order valence-corrected chi connectivity index (χ1v) is 5.59. The van der Waals surface area contributed by atoms with Crippen LogP contribution in [-0.4, -0.2) is 22.9 Å². The van der Waals surface area contributed by atoms with E-state index in [1.165, 1.54) is 11.6 Å². The number of hydrogen-bond donors (Lipinski definition) is 2. The highest BCUT2D eigenvalue weighted by Gasteiger charge is 2.05. The number of hydrogen-bond acceptors (Lipinski definition) is 3. The van der Waals surface area contributed by atoms with Gasteiger partial charge in [-0.2, -0.15) is 0 Å². The van der Waals surface area contributed by atoms with Crippen molar-refractivity contribution in [2.75, 3.05) is 0 Å². The number of rotatable bonds is 2. The minimum Gasteiger partial charge on any atom is -0.508 e. The average Bonchev–Trinajstić information content (AvgIpc) is 2.42. The van der Waals surface area contributed by atoms with E-state index in [0.29, 0.717) is 11.4 Å². The summed E-state index contributed by atoms with van der Waals surface area (Å²) in [6.07, 6.45) is 0. The molecule has 0 aromatic heterocycles. The standard InChI is InChI=1S/C8H7NO2.C7H8O/c1-9-7-5-3-2-4-6(7)8(10)11;1-6-2-4-7(8)5-3-6/h2-5H,1H2,(H,10,11);2-5,8H,1H3. The minimum atomic E-state index is -0.979. The summed E-state index contributed by atoms with van der Waals surface area (Å²) in [4.78, 5) is 14.1. The van der Waals surface area contributed by atoms with Crippen molar-refractivity contribution in [2.45, 2.75) is 6.92 Å². The maximum Gasteiger partial charge on any atom is 0.337 e. The number of benzene rings is 2. The van der Waals surface area contributed by atoms with E-state index in [9.17, 15) is 4.79 Å². The van der Waals surface area contributed by atoms with Crippen molar-refractivity contribution >= 4 is 18.4 Å². The topological polar surface area (TPSA) is 69.9 Å². The van der Waals surface area contributed by atoms with E-state index < -0.39 is 5.97 Å². The lowest BCUT2D eigenvalue weighted by Crippen LogP contribution is -1.95. The van der Waals surface area contributed by atoms with Crippen molar-refractivity contribution in [2.24, 2.45) is 4.99 Å². The Kier molecular flexibility index (Phi) is 5.29. The highest BCUT2D eigenvalue weighted by Crippen LogP contribution is 2.16. The Morgan fingerprint density at radius 2 is 1.68 bits per heavy atom. The normalized spacial score (nSPS) is 9.11. The molecule has 0 fully saturated rings. The number of para-hydroxylation sites is 1. The van der Waals surface area contributed by atoms with Gasteiger partial charge in [-0.25, -0.2) is 4.79 Å². The summed E-state index contributed by atoms with van der Waals surface area (Å²) in [6, 6.07) is 13.6. The summed E-state index contributed by atoms with van der Waals surface area (Å²) in [5.41, 5.74) is 1.75. The Balaban J connectivity index is 0.000000200. The molecule has 0 unspecified atom stereocenters. The third-order valence-electron chi connectivity index (χ3n) is 2.34. The van der Waals surface area contributed by atoms with Crippen LogP contribution in [0.1, 0.15) is 15.9 Å². The molecular formula is C15H15NO3. The zero-order valence-corrected chi connectivity index (χ0v) is 10.6. The highest BCUT2D eigenvalue weighted by atomic mass is 16.4. The van der Waals surface area contributed by atoms with E-state index in [2.05, 4.69) is 11.7 Å². The highest BCUT2D eigenvalue weighted by molar-refractivity contribution is 5.93. The molecule has 0 amide bonds. The van der Waals surface area contributed by atoms with Gasteiger partial charge in [0.15, 0.2) is 0 Å². The maximum atomic E-state index is 10.5. The molecule has 0 saturated heterocycles. The molecule has 98 valence electrons. The summed E-state index contributed by atoms with van der Waals surface area (Å²) in [6.45, 7) is 5.25. The third-order valence-corrected chi connectivity index (χ3v) is 2.34. The number of nitrogens with zero attached hydrogens (tertiary/aromatic N) is 1. The first-order chi connectivity index (χ1) is 9.04. The van der Waals surface area contributed by atoms with Gasteiger partial charge in [-0.1, -0.05) is 29.8 Å². The molecule has 4 nitrogen and oxygen atoms in total. The second kappa shape index (κ2) is 6.96. The van der Waals surface area contributed by atoms with Gasteiger partial charge in [0.2, 0.25) is 0 Å². The molecule has 19 heavy (non-hydrogen) atoms. The third kappa shape index (κ3) is 4.63. The molecule has 2 N–H and O–H groups in total. The monoisotopic (exact) mass is 257 g/mol. The Labute approximate surface area is 111 Å². The van der Waals surface area contributed by atoms with Crippen LogP contribution < -0.4 is 0 Å². The summed E-state index contributed by atoms with van der Waals surface area (Å²) in [7, 11) is 0. The van der Waals surface area contributed by atoms with E-state index in [4.69, 9.17) is 10.2 Å². The lowest BCUT2D eigenvalue weighted by Gasteiger charge is -1.96. The number of phenolic OH excluding ortho intramolecular Hbond substituents is 1. The molecule has 0 aliphatic rings. The van der Waals surface area contributed by atoms with Crippen molar-refractivity contribution in [3.63, 3.8) is 0 Å². The fourth-order valence-corrected chi connectivity index (χ4v) is 1.34. The lowest BCUT2D eigenvalue weighted by molar-refractivity contribution is 0.0698. The summed E-state index contributed by atoms with van der Waals surface area (Å²) in [5.74, 6) is -0.649. The molecule has 4 heteroatoms. The van der Waals surface area contributed by atoms with Crippen LogP contribution in [0.15, 0.2) is 53.5 Å². The van der Waals surface area contributed by atoms with Crippen molar-refractivity contribution in [1.82, 2.24) is 0 Å². The fraction of sp³-hybridized carbons (Fsp3) is 0.0667. The van der Waals surface area contributed by atoms with Crippen LogP contribution in [0.4, 0.5) is 5.69 Å². The molecule has 0 aliphatic carbocycles. The second-order valence-electron chi connectivity index (χ2n) is 3.82. The summed E-state index contributed by atoms with van der Waals surface area (Å²) in [5, 5.41) is 17.4. The Morgan fingerprint density at radius 1 is 1.11 bits per heavy atom. The lowest BCUT2D eigenvalue weighted by atomic mass is 10.2. The van der Waals surface area contributed by atoms with Crippen LogP contribution >= 0.6 is 0 Å². The summed E-state index contributed by atoms with van der Waals surface area (Å²) < 4.78 is 0. The van der Waals surface area contributed by atoms with Crippen LogP contribution in [0, 0.1) is 6.92 Å². The van der Waals surface area contributed by atoms with Crippen molar-refractivity contribution < 1.29 is 15.0 Å². The number of carboxylic acids is 1. The van der Waals surface area contributed by atoms with Crippen molar-refractivity contribution in [3.05, 3.63) is 59.7 Å². The number of carbonyl (C=O) groups is 1. The molecule has 0 saturated carbocycles. The van der Waals surface area contributed by atoms with E-state index in [-0.39, 0.29) is 5.56 Å². The van der Waals surface area contributed by atoms with Gasteiger partial charge in [-0.3, -0.25) is 4.99 Å². The van der Waals surface area contributed by atoms with E-state index in [1.54, 1.807) is 30.3 Å². The Bertz CT molecular complexity index is 541. The number of aromatic carboxylic acids is 1. The first kappa shape index (κ1) is 14.4. The Morgan fingerprint density at radius 3 is 2.11 bits per heavy atom. The van der Waals surface area contributed by atoms with Crippen LogP contribution in [0.2, 0.25) is 0 Å². The molecule has 0 atom stereocenters. The first-order valence-electron chi connectivity index (χ1n) is 5.59. The van der Waals surface area contributed by atoms with E-state index in [1.807, 2.05) is 19.1 Å². The zero-order valence-electron chi connectivity index (χ0n) is 10.6. The Hall–Kier alpha value is -2.62. The molecule has 0 aliphatic heterocycles. The largest absolute Gasteiger partial charge is 0.508 e. The predicted molar refractivity (Wildman–Crippen MR) is 75.5 cm³/mol. The van der Waals surface area contributed by atoms with Gasteiger partial charge in [0, 0.05) is 0 Å². The minimum absolute atomic E-state index is 0.183. The van der Waals surface area contributed by atoms with Gasteiger partial charge in [-0.05, 0) is 37.9 Å². The van der Waals surface area contributed by atoms with Crippen LogP contribution in [0.5, 0.6) is 5.75 Å². The van der Waals surface area contributed by atoms with E-state index in [0.717, 1.165) is 0 Å². The summed E-state index contributed by atoms with van der Waals surface area (Å²) >= 11 is 0. The van der Waals surface area contributed by atoms with Gasteiger partial charge < -0.3 is 10.2 Å². The van der Waals surface area contributed by atoms with Crippen LogP contribution in [0.25, 0.3) is 0 Å². The molecule has 0 bridgehead atoms. The number of aryl methyl sites for hydroxylation is 1. The number of phenols is 1. The molecule has 2 rings (SSSR count). The number of carboxylic acid groups (broad SMARTS) is 1. The SMILES string of the molecule is C=Nc1ccccc1C(=O)O.Cc1ccc(O)cc1. The molecule has 2 aromatic carbocycles. The second-order valence-corrected chi connectivity index (χ2v) is 3.82. The molecule has 0 radical (unpaired) electrons. The molecular weight excluding hydrogens is 242 g/mol. The quantitative estimate of drug-likeness (QED) is 0.810. The smallest absolute Gasteiger partial charge is 0.337 e. The zero-order chi connectivity index (χ0) is 14.3. The predicted octanol–water partition coefficient (Wildman–Crippen LogP) is 3.42. The fourth-order valence-electron chi connectivity index (χ4n) is 1.34. The average molecular weight is 257 g/mol. The van der Waals surface area contributed by atoms with Gasteiger partial charge in [-0.15, -0.1) is 0 Å². The maximum absolute atomic E-state index is 10.5. The number of aromatic hydroxyl groups is 1. The molecule has 0 heterocycles. The van der Waals surface area contributed by atoms with Gasteiger partial charge >= 0.3 is 5.97 Å².